The van der Waals surface area contributed by atoms with Crippen molar-refractivity contribution in [1.29, 1.82) is 0 Å². The van der Waals surface area contributed by atoms with Gasteiger partial charge >= 0.3 is 0 Å². The summed E-state index contributed by atoms with van der Waals surface area (Å²) in [5, 5.41) is 5.94. The van der Waals surface area contributed by atoms with E-state index in [4.69, 9.17) is 21.7 Å². The van der Waals surface area contributed by atoms with Crippen LogP contribution >= 0.6 is 28.1 Å². The number of nitrogens with one attached hydrogen (secondary N) is 2. The molecule has 2 N–H and O–H groups in total. The van der Waals surface area contributed by atoms with E-state index in [1.54, 1.807) is 18.2 Å². The first-order valence-corrected chi connectivity index (χ1v) is 12.1. The van der Waals surface area contributed by atoms with Crippen LogP contribution in [0, 0.1) is 0 Å². The quantitative estimate of drug-likeness (QED) is 0.237. The van der Waals surface area contributed by atoms with Gasteiger partial charge in [0.25, 0.3) is 5.91 Å². The number of unbranched alkanes of at least 4 members (excludes halogenated alkanes) is 1. The predicted octanol–water partition coefficient (Wildman–Crippen LogP) is 6.38. The highest BCUT2D eigenvalue weighted by Crippen LogP contribution is 2.26. The maximum absolute atomic E-state index is 12.5. The zero-order valence-corrected chi connectivity index (χ0v) is 20.9. The molecule has 0 heterocycles. The average molecular weight is 527 g/mol. The third kappa shape index (κ3) is 8.18. The molecule has 3 rings (SSSR count). The van der Waals surface area contributed by atoms with Crippen molar-refractivity contribution in [3.05, 3.63) is 88.4 Å². The number of hydrogen-bond donors (Lipinski definition) is 2. The molecule has 0 aromatic heterocycles. The number of benzene rings is 3. The summed E-state index contributed by atoms with van der Waals surface area (Å²) >= 11 is 8.75. The fourth-order valence-electron chi connectivity index (χ4n) is 2.99. The molecule has 7 heteroatoms. The number of thiocarbonyl (C=S) groups is 1. The van der Waals surface area contributed by atoms with Gasteiger partial charge in [0.15, 0.2) is 5.11 Å². The Morgan fingerprint density at radius 2 is 1.73 bits per heavy atom. The average Bonchev–Trinajstić information content (AvgIpc) is 2.82. The van der Waals surface area contributed by atoms with E-state index < -0.39 is 0 Å². The molecule has 0 radical (unpaired) electrons. The molecule has 0 bridgehead atoms. The van der Waals surface area contributed by atoms with Gasteiger partial charge in [0.05, 0.1) is 17.7 Å². The molecular weight excluding hydrogens is 500 g/mol. The van der Waals surface area contributed by atoms with Crippen molar-refractivity contribution in [1.82, 2.24) is 5.32 Å². The molecule has 172 valence electrons. The van der Waals surface area contributed by atoms with Crippen LogP contribution in [0.3, 0.4) is 0 Å². The molecule has 0 saturated heterocycles. The molecule has 0 spiro atoms. The van der Waals surface area contributed by atoms with E-state index >= 15 is 0 Å². The lowest BCUT2D eigenvalue weighted by Gasteiger charge is -2.12. The zero-order chi connectivity index (χ0) is 23.5. The number of rotatable bonds is 10. The molecular formula is C26H27BrN2O3S. The Kier molecular flexibility index (Phi) is 9.72. The third-order valence-corrected chi connectivity index (χ3v) is 5.61. The van der Waals surface area contributed by atoms with Gasteiger partial charge in [-0.1, -0.05) is 43.7 Å². The normalized spacial score (nSPS) is 10.4. The van der Waals surface area contributed by atoms with Gasteiger partial charge in [-0.3, -0.25) is 10.1 Å². The standard InChI is InChI=1S/C26H27BrN2O3S/c1-2-3-16-32-24-14-9-20(18-23(24)27)25(30)29-26(33)28-21-10-12-22(13-11-21)31-17-15-19-7-5-4-6-8-19/h4-14,18H,2-3,15-17H2,1H3,(H2,28,29,30,33). The fraction of sp³-hybridized carbons (Fsp3) is 0.231. The number of halogens is 1. The lowest BCUT2D eigenvalue weighted by Crippen LogP contribution is -2.34. The van der Waals surface area contributed by atoms with Gasteiger partial charge in [-0.25, -0.2) is 0 Å². The Balaban J connectivity index is 1.46. The Labute approximate surface area is 208 Å². The lowest BCUT2D eigenvalue weighted by molar-refractivity contribution is 0.0977. The first kappa shape index (κ1) is 24.7. The second kappa shape index (κ2) is 13.0. The number of amides is 1. The maximum atomic E-state index is 12.5. The maximum Gasteiger partial charge on any atom is 0.257 e. The van der Waals surface area contributed by atoms with Crippen molar-refractivity contribution < 1.29 is 14.3 Å². The van der Waals surface area contributed by atoms with Crippen molar-refractivity contribution in [2.75, 3.05) is 18.5 Å². The summed E-state index contributed by atoms with van der Waals surface area (Å²) in [6.45, 7) is 3.35. The highest BCUT2D eigenvalue weighted by atomic mass is 79.9. The Morgan fingerprint density at radius 3 is 2.42 bits per heavy atom. The van der Waals surface area contributed by atoms with Crippen LogP contribution in [0.2, 0.25) is 0 Å². The van der Waals surface area contributed by atoms with Crippen LogP contribution in [0.15, 0.2) is 77.3 Å². The lowest BCUT2D eigenvalue weighted by atomic mass is 10.2. The summed E-state index contributed by atoms with van der Waals surface area (Å²) in [4.78, 5) is 12.5. The zero-order valence-electron chi connectivity index (χ0n) is 18.5. The van der Waals surface area contributed by atoms with Gasteiger partial charge < -0.3 is 14.8 Å². The van der Waals surface area contributed by atoms with Crippen molar-refractivity contribution in [2.45, 2.75) is 26.2 Å². The largest absolute Gasteiger partial charge is 0.493 e. The minimum atomic E-state index is -0.297. The van der Waals surface area contributed by atoms with E-state index in [0.29, 0.717) is 24.5 Å². The molecule has 0 atom stereocenters. The Hall–Kier alpha value is -2.90. The molecule has 0 fully saturated rings. The van der Waals surface area contributed by atoms with Gasteiger partial charge in [-0.2, -0.15) is 0 Å². The van der Waals surface area contributed by atoms with Gasteiger partial charge in [-0.05, 0) is 82.6 Å². The van der Waals surface area contributed by atoms with E-state index in [2.05, 4.69) is 45.6 Å². The number of carbonyl (C=O) groups excluding carboxylic acids is 1. The predicted molar refractivity (Wildman–Crippen MR) is 140 cm³/mol. The third-order valence-electron chi connectivity index (χ3n) is 4.79. The smallest absolute Gasteiger partial charge is 0.257 e. The molecule has 0 aliphatic carbocycles. The van der Waals surface area contributed by atoms with Crippen LogP contribution in [-0.2, 0) is 6.42 Å². The highest BCUT2D eigenvalue weighted by molar-refractivity contribution is 9.10. The molecule has 0 saturated carbocycles. The number of anilines is 1. The van der Waals surface area contributed by atoms with Crippen molar-refractivity contribution in [3.8, 4) is 11.5 Å². The number of carbonyl (C=O) groups is 1. The van der Waals surface area contributed by atoms with Gasteiger partial charge in [0, 0.05) is 17.7 Å². The highest BCUT2D eigenvalue weighted by Gasteiger charge is 2.11. The van der Waals surface area contributed by atoms with Crippen LogP contribution in [0.4, 0.5) is 5.69 Å². The number of ether oxygens (including phenoxy) is 2. The minimum absolute atomic E-state index is 0.220. The minimum Gasteiger partial charge on any atom is -0.493 e. The fourth-order valence-corrected chi connectivity index (χ4v) is 3.69. The molecule has 0 aliphatic rings. The summed E-state index contributed by atoms with van der Waals surface area (Å²) in [5.41, 5.74) is 2.48. The van der Waals surface area contributed by atoms with E-state index in [0.717, 1.165) is 35.2 Å². The molecule has 33 heavy (non-hydrogen) atoms. The second-order valence-electron chi connectivity index (χ2n) is 7.36. The van der Waals surface area contributed by atoms with E-state index in [1.807, 2.05) is 42.5 Å². The number of hydrogen-bond acceptors (Lipinski definition) is 4. The van der Waals surface area contributed by atoms with E-state index in [-0.39, 0.29) is 11.0 Å². The van der Waals surface area contributed by atoms with E-state index in [1.165, 1.54) is 5.56 Å². The van der Waals surface area contributed by atoms with Gasteiger partial charge in [-0.15, -0.1) is 0 Å². The first-order chi connectivity index (χ1) is 16.0. The van der Waals surface area contributed by atoms with Crippen LogP contribution in [0.5, 0.6) is 11.5 Å². The first-order valence-electron chi connectivity index (χ1n) is 10.9. The SMILES string of the molecule is CCCCOc1ccc(C(=O)NC(=S)Nc2ccc(OCCc3ccccc3)cc2)cc1Br. The summed E-state index contributed by atoms with van der Waals surface area (Å²) in [6, 6.07) is 22.9. The van der Waals surface area contributed by atoms with Gasteiger partial charge in [0.2, 0.25) is 0 Å². The molecule has 3 aromatic carbocycles. The van der Waals surface area contributed by atoms with Crippen LogP contribution in [-0.4, -0.2) is 24.2 Å². The molecule has 5 nitrogen and oxygen atoms in total. The summed E-state index contributed by atoms with van der Waals surface area (Å²) < 4.78 is 12.2. The monoisotopic (exact) mass is 526 g/mol. The van der Waals surface area contributed by atoms with Crippen molar-refractivity contribution >= 4 is 44.9 Å². The van der Waals surface area contributed by atoms with Crippen molar-refractivity contribution in [3.63, 3.8) is 0 Å². The van der Waals surface area contributed by atoms with E-state index in [9.17, 15) is 4.79 Å². The molecule has 0 aliphatic heterocycles. The van der Waals surface area contributed by atoms with Gasteiger partial charge in [0.1, 0.15) is 11.5 Å². The summed E-state index contributed by atoms with van der Waals surface area (Å²) in [7, 11) is 0. The summed E-state index contributed by atoms with van der Waals surface area (Å²) in [5.74, 6) is 1.19. The summed E-state index contributed by atoms with van der Waals surface area (Å²) in [6.07, 6.45) is 2.89. The second-order valence-corrected chi connectivity index (χ2v) is 8.63. The molecule has 0 unspecified atom stereocenters. The van der Waals surface area contributed by atoms with Crippen LogP contribution in [0.1, 0.15) is 35.7 Å². The Morgan fingerprint density at radius 1 is 0.970 bits per heavy atom. The topological polar surface area (TPSA) is 59.6 Å². The van der Waals surface area contributed by atoms with Crippen LogP contribution < -0.4 is 20.1 Å². The van der Waals surface area contributed by atoms with Crippen LogP contribution in [0.25, 0.3) is 0 Å². The van der Waals surface area contributed by atoms with Crippen molar-refractivity contribution in [2.24, 2.45) is 0 Å². The Bertz CT molecular complexity index is 1060. The molecule has 1 amide bonds. The molecule has 3 aromatic rings.